The Kier molecular flexibility index (Phi) is 6.46. The molecule has 3 heterocycles. The second kappa shape index (κ2) is 8.99. The fourth-order valence-corrected chi connectivity index (χ4v) is 6.36. The maximum Gasteiger partial charge on any atom is 0.250 e. The molecule has 3 aliphatic heterocycles. The van der Waals surface area contributed by atoms with E-state index in [0.29, 0.717) is 37.2 Å². The van der Waals surface area contributed by atoms with E-state index in [2.05, 4.69) is 26.6 Å². The van der Waals surface area contributed by atoms with Gasteiger partial charge in [-0.15, -0.1) is 0 Å². The number of carbonyl (C=O) groups is 3. The van der Waals surface area contributed by atoms with E-state index in [0.717, 1.165) is 0 Å². The smallest absolute Gasteiger partial charge is 0.250 e. The number of amides is 3. The standard InChI is InChI=1S/C22H28BrN3O6/c1-24-19(28)15-16-21(30)26(9-3-4-10-27)18(22(16)11-14(23)17(15)32-22)20(29)25-12-5-7-13(31-2)8-6-12/h5-8,14-18,27H,3-4,9-11H2,1-2H3,(H,24,28)(H,25,29)/t14?,15-,16+,17-,18?,22?/m1/s1. The van der Waals surface area contributed by atoms with E-state index >= 15 is 0 Å². The Bertz CT molecular complexity index is 896. The summed E-state index contributed by atoms with van der Waals surface area (Å²) in [6.07, 6.45) is 1.04. The molecule has 3 aliphatic rings. The van der Waals surface area contributed by atoms with Crippen molar-refractivity contribution in [2.24, 2.45) is 11.8 Å². The summed E-state index contributed by atoms with van der Waals surface area (Å²) in [7, 11) is 3.10. The van der Waals surface area contributed by atoms with Gasteiger partial charge < -0.3 is 30.1 Å². The molecule has 1 aromatic carbocycles. The van der Waals surface area contributed by atoms with Crippen LogP contribution in [0.2, 0.25) is 0 Å². The first-order valence-electron chi connectivity index (χ1n) is 10.8. The molecular weight excluding hydrogens is 482 g/mol. The third-order valence-electron chi connectivity index (χ3n) is 6.75. The van der Waals surface area contributed by atoms with Crippen LogP contribution >= 0.6 is 15.9 Å². The van der Waals surface area contributed by atoms with Crippen LogP contribution < -0.4 is 15.4 Å². The number of likely N-dealkylation sites (tertiary alicyclic amines) is 1. The van der Waals surface area contributed by atoms with Crippen molar-refractivity contribution in [2.45, 2.75) is 41.8 Å². The minimum atomic E-state index is -1.08. The van der Waals surface area contributed by atoms with Gasteiger partial charge in [-0.3, -0.25) is 14.4 Å². The number of anilines is 1. The Morgan fingerprint density at radius 1 is 1.28 bits per heavy atom. The molecule has 9 nitrogen and oxygen atoms in total. The number of ether oxygens (including phenoxy) is 2. The van der Waals surface area contributed by atoms with E-state index in [4.69, 9.17) is 9.47 Å². The highest BCUT2D eigenvalue weighted by atomic mass is 79.9. The summed E-state index contributed by atoms with van der Waals surface area (Å²) in [6, 6.07) is 6.06. The Labute approximate surface area is 194 Å². The average Bonchev–Trinajstić information content (AvgIpc) is 3.37. The van der Waals surface area contributed by atoms with Crippen molar-refractivity contribution in [1.29, 1.82) is 0 Å². The lowest BCUT2D eigenvalue weighted by Gasteiger charge is -2.34. The third-order valence-corrected chi connectivity index (χ3v) is 7.60. The first-order chi connectivity index (χ1) is 15.4. The second-order valence-corrected chi connectivity index (χ2v) is 9.63. The Balaban J connectivity index is 1.67. The number of alkyl halides is 1. The van der Waals surface area contributed by atoms with Crippen LogP contribution in [0.4, 0.5) is 5.69 Å². The van der Waals surface area contributed by atoms with Gasteiger partial charge in [0.1, 0.15) is 17.4 Å². The van der Waals surface area contributed by atoms with Gasteiger partial charge in [0.15, 0.2) is 0 Å². The number of nitrogens with zero attached hydrogens (tertiary/aromatic N) is 1. The van der Waals surface area contributed by atoms with Gasteiger partial charge in [-0.1, -0.05) is 15.9 Å². The number of nitrogens with one attached hydrogen (secondary N) is 2. The molecule has 0 saturated carbocycles. The topological polar surface area (TPSA) is 117 Å². The number of methoxy groups -OCH3 is 1. The van der Waals surface area contributed by atoms with Gasteiger partial charge in [0.05, 0.1) is 25.0 Å². The second-order valence-electron chi connectivity index (χ2n) is 8.46. The molecule has 1 spiro atoms. The van der Waals surface area contributed by atoms with Gasteiger partial charge in [-0.05, 0) is 43.5 Å². The molecule has 3 saturated heterocycles. The summed E-state index contributed by atoms with van der Waals surface area (Å²) in [5, 5.41) is 14.7. The van der Waals surface area contributed by atoms with Crippen molar-refractivity contribution >= 4 is 39.3 Å². The summed E-state index contributed by atoms with van der Waals surface area (Å²) < 4.78 is 11.5. The van der Waals surface area contributed by atoms with Gasteiger partial charge in [0.25, 0.3) is 0 Å². The summed E-state index contributed by atoms with van der Waals surface area (Å²) in [4.78, 5) is 41.2. The predicted octanol–water partition coefficient (Wildman–Crippen LogP) is 0.900. The number of aliphatic hydroxyl groups excluding tert-OH is 1. The van der Waals surface area contributed by atoms with Crippen molar-refractivity contribution in [3.8, 4) is 5.75 Å². The van der Waals surface area contributed by atoms with Crippen LogP contribution in [0.5, 0.6) is 5.75 Å². The lowest BCUT2D eigenvalue weighted by atomic mass is 9.70. The number of hydrogen-bond donors (Lipinski definition) is 3. The highest BCUT2D eigenvalue weighted by Gasteiger charge is 2.76. The van der Waals surface area contributed by atoms with E-state index < -0.39 is 29.6 Å². The van der Waals surface area contributed by atoms with Crippen molar-refractivity contribution in [3.63, 3.8) is 0 Å². The summed E-state index contributed by atoms with van der Waals surface area (Å²) in [5.41, 5.74) is -0.507. The highest BCUT2D eigenvalue weighted by molar-refractivity contribution is 9.09. The van der Waals surface area contributed by atoms with E-state index in [1.165, 1.54) is 11.9 Å². The third kappa shape index (κ3) is 3.58. The Morgan fingerprint density at radius 3 is 2.62 bits per heavy atom. The number of rotatable bonds is 8. The monoisotopic (exact) mass is 509 g/mol. The molecule has 0 radical (unpaired) electrons. The van der Waals surface area contributed by atoms with E-state index in [1.54, 1.807) is 31.4 Å². The number of halogens is 1. The molecule has 32 heavy (non-hydrogen) atoms. The van der Waals surface area contributed by atoms with E-state index in [1.807, 2.05) is 0 Å². The van der Waals surface area contributed by atoms with Crippen LogP contribution in [0.25, 0.3) is 0 Å². The van der Waals surface area contributed by atoms with Gasteiger partial charge in [0, 0.05) is 30.7 Å². The maximum absolute atomic E-state index is 13.6. The summed E-state index contributed by atoms with van der Waals surface area (Å²) in [6.45, 7) is 0.308. The van der Waals surface area contributed by atoms with Crippen LogP contribution in [-0.4, -0.2) is 77.6 Å². The molecule has 174 valence electrons. The average molecular weight is 510 g/mol. The lowest BCUT2D eigenvalue weighted by Crippen LogP contribution is -2.54. The molecule has 4 rings (SSSR count). The number of benzene rings is 1. The Hall–Kier alpha value is -2.17. The molecule has 10 heteroatoms. The number of fused-ring (bicyclic) bond motifs is 1. The SMILES string of the molecule is CNC(=O)[C@H]1[C@@H]2OC3(CC2Br)C(C(=O)Nc2ccc(OC)cc2)N(CCCCO)C(=O)[C@H]13. The van der Waals surface area contributed by atoms with Gasteiger partial charge in [-0.2, -0.15) is 0 Å². The zero-order chi connectivity index (χ0) is 23.0. The molecule has 3 unspecified atom stereocenters. The van der Waals surface area contributed by atoms with Crippen molar-refractivity contribution in [1.82, 2.24) is 10.2 Å². The minimum absolute atomic E-state index is 0.00221. The molecule has 3 N–H and O–H groups in total. The minimum Gasteiger partial charge on any atom is -0.497 e. The zero-order valence-corrected chi connectivity index (χ0v) is 19.6. The number of carbonyl (C=O) groups excluding carboxylic acids is 3. The van der Waals surface area contributed by atoms with Crippen LogP contribution in [0.1, 0.15) is 19.3 Å². The van der Waals surface area contributed by atoms with Gasteiger partial charge in [-0.25, -0.2) is 0 Å². The molecule has 2 bridgehead atoms. The maximum atomic E-state index is 13.6. The summed E-state index contributed by atoms with van der Waals surface area (Å²) in [5.74, 6) is -1.57. The molecule has 1 aromatic rings. The predicted molar refractivity (Wildman–Crippen MR) is 119 cm³/mol. The molecule has 3 fully saturated rings. The number of hydrogen-bond acceptors (Lipinski definition) is 6. The van der Waals surface area contributed by atoms with Crippen molar-refractivity contribution < 1.29 is 29.0 Å². The van der Waals surface area contributed by atoms with Crippen LogP contribution in [0, 0.1) is 11.8 Å². The van der Waals surface area contributed by atoms with Crippen molar-refractivity contribution in [2.75, 3.05) is 32.6 Å². The Morgan fingerprint density at radius 2 is 2.00 bits per heavy atom. The molecule has 0 aliphatic carbocycles. The molecule has 0 aromatic heterocycles. The van der Waals surface area contributed by atoms with Crippen LogP contribution in [0.15, 0.2) is 24.3 Å². The van der Waals surface area contributed by atoms with Gasteiger partial charge in [0.2, 0.25) is 17.7 Å². The van der Waals surface area contributed by atoms with E-state index in [9.17, 15) is 19.5 Å². The van der Waals surface area contributed by atoms with Crippen molar-refractivity contribution in [3.05, 3.63) is 24.3 Å². The van der Waals surface area contributed by atoms with Crippen LogP contribution in [0.3, 0.4) is 0 Å². The largest absolute Gasteiger partial charge is 0.497 e. The molecule has 6 atom stereocenters. The number of unbranched alkanes of at least 4 members (excludes halogenated alkanes) is 1. The van der Waals surface area contributed by atoms with Crippen LogP contribution in [-0.2, 0) is 19.1 Å². The fraction of sp³-hybridized carbons (Fsp3) is 0.591. The first-order valence-corrected chi connectivity index (χ1v) is 11.7. The fourth-order valence-electron chi connectivity index (χ4n) is 5.42. The molecular formula is C22H28BrN3O6. The quantitative estimate of drug-likeness (QED) is 0.354. The molecule has 3 amide bonds. The zero-order valence-electron chi connectivity index (χ0n) is 18.0. The lowest BCUT2D eigenvalue weighted by molar-refractivity contribution is -0.140. The first kappa shape index (κ1) is 23.0. The normalized spacial score (nSPS) is 32.7. The highest BCUT2D eigenvalue weighted by Crippen LogP contribution is 2.60. The number of aliphatic hydroxyl groups is 1. The van der Waals surface area contributed by atoms with E-state index in [-0.39, 0.29) is 29.2 Å². The summed E-state index contributed by atoms with van der Waals surface area (Å²) >= 11 is 3.61. The van der Waals surface area contributed by atoms with Gasteiger partial charge >= 0.3 is 0 Å².